The lowest BCUT2D eigenvalue weighted by Crippen LogP contribution is -2.31. The molecule has 9 aromatic rings. The second kappa shape index (κ2) is 45.3. The van der Waals surface area contributed by atoms with Gasteiger partial charge in [-0.15, -0.1) is 0 Å². The van der Waals surface area contributed by atoms with Crippen molar-refractivity contribution in [1.82, 2.24) is 30.8 Å². The van der Waals surface area contributed by atoms with Crippen LogP contribution >= 0.6 is 15.9 Å². The number of carbonyl (C=O) groups is 9. The van der Waals surface area contributed by atoms with E-state index >= 15 is 0 Å². The first kappa shape index (κ1) is 81.4. The third-order valence-corrected chi connectivity index (χ3v) is 14.3. The molecule has 0 aliphatic carbocycles. The Labute approximate surface area is 609 Å². The van der Waals surface area contributed by atoms with Crippen LogP contribution in [0.4, 0.5) is 36.7 Å². The number of allylic oxidation sites excluding steroid dienone is 1. The third kappa shape index (κ3) is 32.3. The fraction of sp³-hybridized carbons (Fsp3) is 0.182. The number of esters is 2. The third-order valence-electron chi connectivity index (χ3n) is 13.8. The van der Waals surface area contributed by atoms with Gasteiger partial charge in [0, 0.05) is 35.0 Å². The molecule has 0 fully saturated rings. The number of alkyl halides is 1. The molecule has 10 rings (SSSR count). The smallest absolute Gasteiger partial charge is 0.407 e. The van der Waals surface area contributed by atoms with Crippen molar-refractivity contribution >= 4 is 81.2 Å². The van der Waals surface area contributed by atoms with E-state index in [-0.39, 0.29) is 80.3 Å². The summed E-state index contributed by atoms with van der Waals surface area (Å²) in [5.74, 6) is -3.80. The number of halogens is 5. The molecule has 4 amide bonds. The summed E-state index contributed by atoms with van der Waals surface area (Å²) in [6.07, 6.45) is 1.69. The van der Waals surface area contributed by atoms with Crippen LogP contribution in [0.15, 0.2) is 236 Å². The molecule has 546 valence electrons. The molecule has 8 aromatic carbocycles. The number of carboxylic acid groups (broad SMARTS) is 1. The molecule has 1 aliphatic rings. The molecule has 105 heavy (non-hydrogen) atoms. The molecule has 5 N–H and O–H groups in total. The Morgan fingerprint density at radius 3 is 1.27 bits per heavy atom. The number of Topliss-reactive ketones (excluding diaryl/α,β-unsaturated/α-hetero) is 2. The normalized spacial score (nSPS) is 10.7. The quantitative estimate of drug-likeness (QED) is 0.0111. The number of aliphatic imine (C=N–C) groups is 1. The standard InChI is InChI=1S/C22H22FN3O4.C19H17FN2O2.C18H16FNO5.C10H11NO4.C8H6BrFO/c1-2-29-21(27)14-26-13-19(17-8-10-18(23)11-9-17)25-20(26)12-24-22(28)30-15-16-6-4-3-5-7-16;20-16-8-6-15(7-9-16)18-11-10-17(22-18)12-21-19(23)24-13-14-4-2-1-3-5-14;19-15-8-6-14(7-9-15)16(21)12-24-17(22)10-20-18(23)25-11-13-4-2-1-3-5-13;12-9(13)6-11-10(14)15-7-8-4-2-1-3-5-8;9-5-8(11)6-1-3-7(10)4-2-6/h3-11,13H,2,12,14-15H2,1H3,(H,24,28);1-9,11H,10,12-13H2,(H,21,23);1-9H,10-12H2,(H,20,23);1-5H,6-7H2,(H,11,14)(H,12,13);1-4H,5H2. The maximum atomic E-state index is 13.2. The monoisotopic (exact) mass is 1510 g/mol. The fourth-order valence-corrected chi connectivity index (χ4v) is 8.90. The summed E-state index contributed by atoms with van der Waals surface area (Å²) in [6.45, 7) is 1.53. The Balaban J connectivity index is 0.000000213. The SMILES string of the molecule is CCOC(=O)Cn1cc(-c2ccc(F)cc2)nc1CNC(=O)OCc1ccccc1.O=C(CBr)c1ccc(F)cc1.O=C(CNC(=O)OCc1ccccc1)OCC(=O)c1ccc(F)cc1.O=C(NCC1=NC(c2ccc(F)cc2)=CC1)OCc1ccccc1.O=C(O)CNC(=O)OCc1ccccc1. The zero-order chi connectivity index (χ0) is 75.6. The number of imidazole rings is 1. The molecule has 0 unspecified atom stereocenters. The van der Waals surface area contributed by atoms with Gasteiger partial charge in [0.2, 0.25) is 0 Å². The highest BCUT2D eigenvalue weighted by Gasteiger charge is 2.17. The minimum Gasteiger partial charge on any atom is -0.480 e. The number of carbonyl (C=O) groups excluding carboxylic acids is 8. The van der Waals surface area contributed by atoms with Crippen LogP contribution in [0.25, 0.3) is 17.0 Å². The lowest BCUT2D eigenvalue weighted by atomic mass is 10.1. The molecule has 1 aliphatic heterocycles. The van der Waals surface area contributed by atoms with Crippen LogP contribution in [0, 0.1) is 23.3 Å². The number of ether oxygens (including phenoxy) is 6. The Morgan fingerprint density at radius 2 is 0.848 bits per heavy atom. The van der Waals surface area contributed by atoms with Gasteiger partial charge >= 0.3 is 42.3 Å². The number of hydrogen-bond donors (Lipinski definition) is 5. The molecule has 0 radical (unpaired) electrons. The van der Waals surface area contributed by atoms with E-state index in [0.29, 0.717) is 35.6 Å². The van der Waals surface area contributed by atoms with Gasteiger partial charge in [-0.2, -0.15) is 0 Å². The predicted octanol–water partition coefficient (Wildman–Crippen LogP) is 13.5. The molecule has 2 heterocycles. The molecular formula is C77H72BrF4N7O16. The van der Waals surface area contributed by atoms with Crippen LogP contribution in [0.3, 0.4) is 0 Å². The molecule has 0 bridgehead atoms. The van der Waals surface area contributed by atoms with Crippen molar-refractivity contribution < 1.29 is 94.2 Å². The molecule has 1 aromatic heterocycles. The van der Waals surface area contributed by atoms with E-state index in [1.54, 1.807) is 54.1 Å². The van der Waals surface area contributed by atoms with Gasteiger partial charge < -0.3 is 59.4 Å². The second-order valence-corrected chi connectivity index (χ2v) is 22.2. The van der Waals surface area contributed by atoms with Crippen molar-refractivity contribution in [1.29, 1.82) is 0 Å². The molecule has 0 saturated heterocycles. The van der Waals surface area contributed by atoms with Gasteiger partial charge in [-0.1, -0.05) is 143 Å². The van der Waals surface area contributed by atoms with Gasteiger partial charge in [-0.05, 0) is 132 Å². The summed E-state index contributed by atoms with van der Waals surface area (Å²) < 4.78 is 82.6. The van der Waals surface area contributed by atoms with E-state index in [4.69, 9.17) is 33.5 Å². The van der Waals surface area contributed by atoms with Crippen molar-refractivity contribution in [2.45, 2.75) is 52.9 Å². The van der Waals surface area contributed by atoms with E-state index in [2.05, 4.69) is 47.2 Å². The van der Waals surface area contributed by atoms with Gasteiger partial charge in [-0.3, -0.25) is 29.0 Å². The summed E-state index contributed by atoms with van der Waals surface area (Å²) in [6, 6.07) is 59.4. The zero-order valence-corrected chi connectivity index (χ0v) is 58.0. The van der Waals surface area contributed by atoms with Crippen LogP contribution in [0.2, 0.25) is 0 Å². The van der Waals surface area contributed by atoms with Crippen molar-refractivity contribution in [3.63, 3.8) is 0 Å². The number of benzene rings is 8. The maximum absolute atomic E-state index is 13.2. The Bertz CT molecular complexity index is 4320. The highest BCUT2D eigenvalue weighted by Crippen LogP contribution is 2.23. The largest absolute Gasteiger partial charge is 0.480 e. The number of nitrogens with one attached hydrogen (secondary N) is 4. The molecule has 0 spiro atoms. The van der Waals surface area contributed by atoms with E-state index in [1.165, 1.54) is 60.7 Å². The van der Waals surface area contributed by atoms with Gasteiger partial charge in [0.25, 0.3) is 0 Å². The Kier molecular flexibility index (Phi) is 35.1. The molecular weight excluding hydrogens is 1430 g/mol. The minimum atomic E-state index is -1.10. The van der Waals surface area contributed by atoms with E-state index in [9.17, 15) is 60.7 Å². The van der Waals surface area contributed by atoms with Crippen molar-refractivity contribution in [2.75, 3.05) is 38.2 Å². The predicted molar refractivity (Wildman–Crippen MR) is 382 cm³/mol. The highest BCUT2D eigenvalue weighted by molar-refractivity contribution is 9.09. The van der Waals surface area contributed by atoms with Crippen molar-refractivity contribution in [2.24, 2.45) is 4.99 Å². The number of aromatic nitrogens is 2. The zero-order valence-electron chi connectivity index (χ0n) is 56.4. The van der Waals surface area contributed by atoms with Gasteiger partial charge in [0.1, 0.15) is 75.2 Å². The summed E-state index contributed by atoms with van der Waals surface area (Å²) in [4.78, 5) is 111. The Morgan fingerprint density at radius 1 is 0.457 bits per heavy atom. The van der Waals surface area contributed by atoms with Crippen molar-refractivity contribution in [3.05, 3.63) is 299 Å². The molecule has 28 heteroatoms. The minimum absolute atomic E-state index is 0.0370. The number of aliphatic carboxylic acids is 1. The number of ketones is 2. The first-order valence-corrected chi connectivity index (χ1v) is 33.1. The lowest BCUT2D eigenvalue weighted by molar-refractivity contribution is -0.144. The molecule has 23 nitrogen and oxygen atoms in total. The van der Waals surface area contributed by atoms with Crippen LogP contribution in [0.1, 0.15) is 67.7 Å². The number of amides is 4. The van der Waals surface area contributed by atoms with Crippen LogP contribution in [0.5, 0.6) is 0 Å². The summed E-state index contributed by atoms with van der Waals surface area (Å²) in [7, 11) is 0. The number of nitrogens with zero attached hydrogens (tertiary/aromatic N) is 3. The maximum Gasteiger partial charge on any atom is 0.407 e. The van der Waals surface area contributed by atoms with Crippen LogP contribution in [-0.4, -0.2) is 112 Å². The van der Waals surface area contributed by atoms with Gasteiger partial charge in [0.15, 0.2) is 18.2 Å². The second-order valence-electron chi connectivity index (χ2n) is 21.7. The first-order valence-electron chi connectivity index (χ1n) is 32.0. The van der Waals surface area contributed by atoms with Gasteiger partial charge in [0.05, 0.1) is 36.4 Å². The number of carboxylic acids is 1. The van der Waals surface area contributed by atoms with E-state index < -0.39 is 73.6 Å². The summed E-state index contributed by atoms with van der Waals surface area (Å²) in [5, 5.41) is 18.2. The lowest BCUT2D eigenvalue weighted by Gasteiger charge is -2.09. The van der Waals surface area contributed by atoms with E-state index in [1.807, 2.05) is 115 Å². The average molecular weight is 1510 g/mol. The topological polar surface area (TPSA) is 308 Å². The summed E-state index contributed by atoms with van der Waals surface area (Å²) >= 11 is 3.03. The number of hydrogen-bond acceptors (Lipinski definition) is 17. The number of alkyl carbamates (subject to hydrolysis) is 4. The van der Waals surface area contributed by atoms with Crippen LogP contribution in [-0.2, 0) is 82.3 Å². The summed E-state index contributed by atoms with van der Waals surface area (Å²) in [5.41, 5.74) is 7.95. The molecule has 0 saturated carbocycles. The Hall–Kier alpha value is -12.6. The van der Waals surface area contributed by atoms with Crippen LogP contribution < -0.4 is 21.3 Å². The van der Waals surface area contributed by atoms with E-state index in [0.717, 1.165) is 51.4 Å². The molecule has 0 atom stereocenters. The van der Waals surface area contributed by atoms with Gasteiger partial charge in [-0.25, -0.2) is 41.7 Å². The number of rotatable bonds is 26. The highest BCUT2D eigenvalue weighted by atomic mass is 79.9. The van der Waals surface area contributed by atoms with Crippen molar-refractivity contribution in [3.8, 4) is 11.3 Å². The fourth-order valence-electron chi connectivity index (χ4n) is 8.57. The average Bonchev–Trinajstić information content (AvgIpc) is 1.72. The first-order chi connectivity index (χ1) is 50.7.